The van der Waals surface area contributed by atoms with E-state index >= 15 is 0 Å². The highest BCUT2D eigenvalue weighted by molar-refractivity contribution is 7.71. The molecule has 3 rings (SSSR count). The quantitative estimate of drug-likeness (QED) is 0.880. The van der Waals surface area contributed by atoms with Crippen LogP contribution in [0.1, 0.15) is 19.8 Å². The molecule has 108 valence electrons. The van der Waals surface area contributed by atoms with E-state index in [1.807, 2.05) is 0 Å². The summed E-state index contributed by atoms with van der Waals surface area (Å²) >= 11 is 7.11. The van der Waals surface area contributed by atoms with Crippen LogP contribution in [0.3, 0.4) is 0 Å². The van der Waals surface area contributed by atoms with Crippen LogP contribution in [0.5, 0.6) is 0 Å². The number of H-pyrrole nitrogens is 1. The summed E-state index contributed by atoms with van der Waals surface area (Å²) in [4.78, 5) is 3.70. The molecular formula is C14H20N4S2. The van der Waals surface area contributed by atoms with Gasteiger partial charge in [-0.1, -0.05) is 13.0 Å². The number of nitrogens with one attached hydrogen (secondary N) is 1. The zero-order valence-corrected chi connectivity index (χ0v) is 13.3. The minimum atomic E-state index is 0.709. The van der Waals surface area contributed by atoms with Gasteiger partial charge in [0.1, 0.15) is 0 Å². The molecule has 6 heteroatoms. The van der Waals surface area contributed by atoms with Gasteiger partial charge in [0.2, 0.25) is 0 Å². The minimum Gasteiger partial charge on any atom is -0.304 e. The Morgan fingerprint density at radius 1 is 1.45 bits per heavy atom. The Bertz CT molecular complexity index is 591. The van der Waals surface area contributed by atoms with Crippen molar-refractivity contribution >= 4 is 23.6 Å². The summed E-state index contributed by atoms with van der Waals surface area (Å²) in [5.74, 6) is 1.70. The van der Waals surface area contributed by atoms with E-state index < -0.39 is 0 Å². The number of nitrogens with zero attached hydrogens (tertiary/aromatic N) is 3. The lowest BCUT2D eigenvalue weighted by Crippen LogP contribution is -2.34. The maximum atomic E-state index is 5.40. The number of rotatable bonds is 4. The van der Waals surface area contributed by atoms with Gasteiger partial charge in [-0.3, -0.25) is 9.67 Å². The molecule has 1 N–H and O–H groups in total. The van der Waals surface area contributed by atoms with Crippen molar-refractivity contribution in [2.45, 2.75) is 26.3 Å². The summed E-state index contributed by atoms with van der Waals surface area (Å²) in [6.07, 6.45) is 2.51. The molecule has 1 saturated heterocycles. The van der Waals surface area contributed by atoms with Gasteiger partial charge in [0.15, 0.2) is 10.6 Å². The van der Waals surface area contributed by atoms with Crippen LogP contribution in [0.4, 0.5) is 0 Å². The fourth-order valence-electron chi connectivity index (χ4n) is 2.82. The van der Waals surface area contributed by atoms with Gasteiger partial charge in [-0.25, -0.2) is 0 Å². The van der Waals surface area contributed by atoms with Crippen molar-refractivity contribution in [2.24, 2.45) is 5.92 Å². The van der Waals surface area contributed by atoms with Gasteiger partial charge in [-0.2, -0.15) is 5.10 Å². The summed E-state index contributed by atoms with van der Waals surface area (Å²) < 4.78 is 2.92. The van der Waals surface area contributed by atoms with E-state index in [0.29, 0.717) is 5.92 Å². The summed E-state index contributed by atoms with van der Waals surface area (Å²) in [6.45, 7) is 6.81. The second-order valence-electron chi connectivity index (χ2n) is 5.32. The molecule has 0 spiro atoms. The Kier molecular flexibility index (Phi) is 4.33. The van der Waals surface area contributed by atoms with Crippen molar-refractivity contribution in [3.63, 3.8) is 0 Å². The van der Waals surface area contributed by atoms with Crippen molar-refractivity contribution < 1.29 is 0 Å². The van der Waals surface area contributed by atoms with Crippen LogP contribution in [0.25, 0.3) is 10.7 Å². The van der Waals surface area contributed by atoms with E-state index in [-0.39, 0.29) is 0 Å². The molecule has 1 aliphatic heterocycles. The van der Waals surface area contributed by atoms with Gasteiger partial charge in [0, 0.05) is 6.54 Å². The third-order valence-electron chi connectivity index (χ3n) is 4.09. The Labute approximate surface area is 128 Å². The fourth-order valence-corrected chi connectivity index (χ4v) is 3.75. The third kappa shape index (κ3) is 2.87. The molecule has 4 nitrogen and oxygen atoms in total. The molecule has 0 bridgehead atoms. The van der Waals surface area contributed by atoms with Crippen LogP contribution in [-0.4, -0.2) is 39.3 Å². The first-order valence-corrected chi connectivity index (χ1v) is 8.48. The first-order chi connectivity index (χ1) is 9.78. The van der Waals surface area contributed by atoms with Crippen molar-refractivity contribution in [3.8, 4) is 10.7 Å². The molecule has 2 aromatic heterocycles. The molecule has 0 unspecified atom stereocenters. The fraction of sp³-hybridized carbons (Fsp3) is 0.571. The molecular weight excluding hydrogens is 288 g/mol. The normalized spacial score (nSPS) is 17.6. The van der Waals surface area contributed by atoms with Gasteiger partial charge >= 0.3 is 0 Å². The van der Waals surface area contributed by atoms with Gasteiger partial charge in [-0.15, -0.1) is 11.3 Å². The SMILES string of the molecule is CCN1CCC(Cn2c(-c3cccs3)n[nH]c2=S)CC1. The maximum absolute atomic E-state index is 5.40. The molecule has 20 heavy (non-hydrogen) atoms. The topological polar surface area (TPSA) is 36.9 Å². The smallest absolute Gasteiger partial charge is 0.195 e. The second kappa shape index (κ2) is 6.20. The number of hydrogen-bond acceptors (Lipinski definition) is 4. The lowest BCUT2D eigenvalue weighted by molar-refractivity contribution is 0.181. The van der Waals surface area contributed by atoms with Crippen molar-refractivity contribution in [1.82, 2.24) is 19.7 Å². The number of likely N-dealkylation sites (tertiary alicyclic amines) is 1. The zero-order valence-electron chi connectivity index (χ0n) is 11.7. The van der Waals surface area contributed by atoms with Crippen molar-refractivity contribution in [2.75, 3.05) is 19.6 Å². The largest absolute Gasteiger partial charge is 0.304 e. The molecule has 2 aromatic rings. The molecule has 3 heterocycles. The Morgan fingerprint density at radius 3 is 2.90 bits per heavy atom. The Hall–Kier alpha value is -0.980. The number of thiophene rings is 1. The second-order valence-corrected chi connectivity index (χ2v) is 6.65. The number of aromatic nitrogens is 3. The summed E-state index contributed by atoms with van der Waals surface area (Å²) in [5, 5.41) is 9.43. The molecule has 0 aliphatic carbocycles. The summed E-state index contributed by atoms with van der Waals surface area (Å²) in [6, 6.07) is 4.16. The minimum absolute atomic E-state index is 0.709. The highest BCUT2D eigenvalue weighted by Crippen LogP contribution is 2.26. The Morgan fingerprint density at radius 2 is 2.25 bits per heavy atom. The highest BCUT2D eigenvalue weighted by atomic mass is 32.1. The van der Waals surface area contributed by atoms with Gasteiger partial charge in [0.05, 0.1) is 4.88 Å². The maximum Gasteiger partial charge on any atom is 0.195 e. The van der Waals surface area contributed by atoms with Crippen LogP contribution in [0.2, 0.25) is 0 Å². The molecule has 0 saturated carbocycles. The van der Waals surface area contributed by atoms with Crippen LogP contribution in [0, 0.1) is 10.7 Å². The van der Waals surface area contributed by atoms with E-state index in [9.17, 15) is 0 Å². The number of piperidine rings is 1. The van der Waals surface area contributed by atoms with Crippen molar-refractivity contribution in [3.05, 3.63) is 22.3 Å². The molecule has 1 fully saturated rings. The lowest BCUT2D eigenvalue weighted by atomic mass is 9.97. The van der Waals surface area contributed by atoms with Crippen molar-refractivity contribution in [1.29, 1.82) is 0 Å². The van der Waals surface area contributed by atoms with Crippen LogP contribution >= 0.6 is 23.6 Å². The van der Waals surface area contributed by atoms with Gasteiger partial charge in [0.25, 0.3) is 0 Å². The Balaban J connectivity index is 1.75. The van der Waals surface area contributed by atoms with E-state index in [4.69, 9.17) is 12.2 Å². The average Bonchev–Trinajstić information content (AvgIpc) is 3.11. The van der Waals surface area contributed by atoms with Crippen LogP contribution in [0.15, 0.2) is 17.5 Å². The molecule has 0 aromatic carbocycles. The van der Waals surface area contributed by atoms with Gasteiger partial charge < -0.3 is 4.90 Å². The molecule has 0 amide bonds. The zero-order chi connectivity index (χ0) is 13.9. The van der Waals surface area contributed by atoms with E-state index in [2.05, 4.69) is 44.1 Å². The summed E-state index contributed by atoms with van der Waals surface area (Å²) in [5.41, 5.74) is 0. The van der Waals surface area contributed by atoms with E-state index in [1.165, 1.54) is 30.8 Å². The molecule has 0 radical (unpaired) electrons. The van der Waals surface area contributed by atoms with E-state index in [1.54, 1.807) is 11.3 Å². The summed E-state index contributed by atoms with van der Waals surface area (Å²) in [7, 11) is 0. The third-order valence-corrected chi connectivity index (χ3v) is 5.27. The van der Waals surface area contributed by atoms with Crippen LogP contribution < -0.4 is 0 Å². The molecule has 0 atom stereocenters. The monoisotopic (exact) mass is 308 g/mol. The standard InChI is InChI=1S/C14H20N4S2/c1-2-17-7-5-11(6-8-17)10-18-13(15-16-14(18)19)12-4-3-9-20-12/h3-4,9,11H,2,5-8,10H2,1H3,(H,16,19). The lowest BCUT2D eigenvalue weighted by Gasteiger charge is -2.31. The van der Waals surface area contributed by atoms with Crippen LogP contribution in [-0.2, 0) is 6.54 Å². The molecule has 1 aliphatic rings. The van der Waals surface area contributed by atoms with Gasteiger partial charge in [-0.05, 0) is 62.1 Å². The predicted octanol–water partition coefficient (Wildman–Crippen LogP) is 3.40. The first kappa shape index (κ1) is 14.0. The number of aromatic amines is 1. The number of hydrogen-bond donors (Lipinski definition) is 1. The first-order valence-electron chi connectivity index (χ1n) is 7.19. The van der Waals surface area contributed by atoms with E-state index in [0.717, 1.165) is 23.7 Å². The highest BCUT2D eigenvalue weighted by Gasteiger charge is 2.20. The average molecular weight is 308 g/mol. The predicted molar refractivity (Wildman–Crippen MR) is 85.6 cm³/mol.